The van der Waals surface area contributed by atoms with Crippen molar-refractivity contribution in [3.05, 3.63) is 36.4 Å². The molecule has 4 heteroatoms. The summed E-state index contributed by atoms with van der Waals surface area (Å²) in [5, 5.41) is 4.09. The van der Waals surface area contributed by atoms with Gasteiger partial charge in [-0.3, -0.25) is 0 Å². The number of nitrogens with one attached hydrogen (secondary N) is 1. The monoisotopic (exact) mass is 273 g/mol. The smallest absolute Gasteiger partial charge is 0.162 e. The normalized spacial score (nSPS) is 11.4. The Morgan fingerprint density at radius 3 is 2.32 bits per heavy atom. The second kappa shape index (κ2) is 5.61. The summed E-state index contributed by atoms with van der Waals surface area (Å²) in [7, 11) is 1.88. The number of aromatic nitrogens is 2. The van der Waals surface area contributed by atoms with Crippen molar-refractivity contribution in [1.82, 2.24) is 9.97 Å². The van der Waals surface area contributed by atoms with Crippen LogP contribution in [0.15, 0.2) is 41.4 Å². The van der Waals surface area contributed by atoms with Crippen molar-refractivity contribution >= 4 is 17.6 Å². The highest BCUT2D eigenvalue weighted by Crippen LogP contribution is 2.32. The zero-order valence-electron chi connectivity index (χ0n) is 11.8. The van der Waals surface area contributed by atoms with Gasteiger partial charge in [0.15, 0.2) is 5.82 Å². The maximum atomic E-state index is 4.65. The minimum Gasteiger partial charge on any atom is -0.373 e. The van der Waals surface area contributed by atoms with Crippen LogP contribution in [0.3, 0.4) is 0 Å². The van der Waals surface area contributed by atoms with Crippen molar-refractivity contribution in [2.75, 3.05) is 12.4 Å². The number of anilines is 1. The summed E-state index contributed by atoms with van der Waals surface area (Å²) in [6, 6.07) is 12.0. The Hall–Kier alpha value is -1.55. The fourth-order valence-corrected chi connectivity index (χ4v) is 2.57. The lowest BCUT2D eigenvalue weighted by molar-refractivity contribution is 0.799. The van der Waals surface area contributed by atoms with Crippen LogP contribution in [-0.4, -0.2) is 21.8 Å². The number of hydrogen-bond donors (Lipinski definition) is 1. The zero-order chi connectivity index (χ0) is 13.9. The van der Waals surface area contributed by atoms with Crippen LogP contribution in [0.1, 0.15) is 20.8 Å². The lowest BCUT2D eigenvalue weighted by atomic mass is 10.2. The first kappa shape index (κ1) is 13.9. The summed E-state index contributed by atoms with van der Waals surface area (Å²) in [6.45, 7) is 6.54. The number of benzene rings is 1. The summed E-state index contributed by atoms with van der Waals surface area (Å²) in [5.41, 5.74) is 1.04. The van der Waals surface area contributed by atoms with Crippen molar-refractivity contribution in [3.63, 3.8) is 0 Å². The second-order valence-corrected chi connectivity index (χ2v) is 7.09. The van der Waals surface area contributed by atoms with E-state index >= 15 is 0 Å². The van der Waals surface area contributed by atoms with E-state index in [2.05, 4.69) is 36.1 Å². The minimum atomic E-state index is 0.132. The Morgan fingerprint density at radius 2 is 1.74 bits per heavy atom. The van der Waals surface area contributed by atoms with Gasteiger partial charge in [-0.05, 0) is 0 Å². The van der Waals surface area contributed by atoms with E-state index < -0.39 is 0 Å². The van der Waals surface area contributed by atoms with Crippen LogP contribution in [0, 0.1) is 0 Å². The molecule has 0 fully saturated rings. The molecule has 1 aromatic heterocycles. The van der Waals surface area contributed by atoms with Crippen molar-refractivity contribution < 1.29 is 0 Å². The Kier molecular flexibility index (Phi) is 4.10. The molecule has 0 aliphatic rings. The van der Waals surface area contributed by atoms with Crippen LogP contribution in [0.2, 0.25) is 0 Å². The van der Waals surface area contributed by atoms with Gasteiger partial charge in [0.2, 0.25) is 0 Å². The van der Waals surface area contributed by atoms with E-state index in [9.17, 15) is 0 Å². The van der Waals surface area contributed by atoms with Crippen LogP contribution < -0.4 is 5.32 Å². The van der Waals surface area contributed by atoms with Crippen molar-refractivity contribution in [2.45, 2.75) is 30.5 Å². The van der Waals surface area contributed by atoms with Crippen LogP contribution in [-0.2, 0) is 0 Å². The predicted molar refractivity (Wildman–Crippen MR) is 82.6 cm³/mol. The summed E-state index contributed by atoms with van der Waals surface area (Å²) in [6.07, 6.45) is 0. The lowest BCUT2D eigenvalue weighted by Crippen LogP contribution is -2.08. The minimum absolute atomic E-state index is 0.132. The zero-order valence-corrected chi connectivity index (χ0v) is 12.6. The maximum Gasteiger partial charge on any atom is 0.162 e. The molecule has 0 saturated carbocycles. The SMILES string of the molecule is CNc1cc(SC(C)(C)C)nc(-c2ccccc2)n1. The molecule has 0 bridgehead atoms. The number of rotatable bonds is 3. The summed E-state index contributed by atoms with van der Waals surface area (Å²) >= 11 is 1.75. The first-order valence-electron chi connectivity index (χ1n) is 6.29. The van der Waals surface area contributed by atoms with Gasteiger partial charge in [0.1, 0.15) is 10.8 Å². The molecule has 2 rings (SSSR count). The third-order valence-electron chi connectivity index (χ3n) is 2.40. The molecule has 100 valence electrons. The molecule has 19 heavy (non-hydrogen) atoms. The molecule has 0 unspecified atom stereocenters. The Bertz CT molecular complexity index is 547. The van der Waals surface area contributed by atoms with Crippen molar-refractivity contribution in [1.29, 1.82) is 0 Å². The van der Waals surface area contributed by atoms with E-state index in [1.807, 2.05) is 43.4 Å². The van der Waals surface area contributed by atoms with Gasteiger partial charge in [-0.15, -0.1) is 11.8 Å². The van der Waals surface area contributed by atoms with Crippen molar-refractivity contribution in [2.24, 2.45) is 0 Å². The topological polar surface area (TPSA) is 37.8 Å². The fraction of sp³-hybridized carbons (Fsp3) is 0.333. The molecular weight excluding hydrogens is 254 g/mol. The van der Waals surface area contributed by atoms with Gasteiger partial charge in [-0.25, -0.2) is 9.97 Å². The van der Waals surface area contributed by atoms with Crippen LogP contribution >= 0.6 is 11.8 Å². The summed E-state index contributed by atoms with van der Waals surface area (Å²) in [5.74, 6) is 1.61. The van der Waals surface area contributed by atoms with Crippen LogP contribution in [0.4, 0.5) is 5.82 Å². The number of thioether (sulfide) groups is 1. The molecule has 1 N–H and O–H groups in total. The highest BCUT2D eigenvalue weighted by Gasteiger charge is 2.15. The van der Waals surface area contributed by atoms with Gasteiger partial charge >= 0.3 is 0 Å². The Balaban J connectivity index is 2.42. The van der Waals surface area contributed by atoms with E-state index in [0.717, 1.165) is 22.2 Å². The predicted octanol–water partition coefficient (Wildman–Crippen LogP) is 4.08. The summed E-state index contributed by atoms with van der Waals surface area (Å²) in [4.78, 5) is 9.17. The summed E-state index contributed by atoms with van der Waals surface area (Å²) < 4.78 is 0.132. The molecule has 1 aromatic carbocycles. The molecule has 0 amide bonds. The standard InChI is InChI=1S/C15H19N3S/c1-15(2,3)19-13-10-12(16-4)17-14(18-13)11-8-6-5-7-9-11/h5-10H,1-4H3,(H,16,17,18). The van der Waals surface area contributed by atoms with E-state index in [4.69, 9.17) is 0 Å². The maximum absolute atomic E-state index is 4.65. The van der Waals surface area contributed by atoms with E-state index in [1.54, 1.807) is 11.8 Å². The second-order valence-electron chi connectivity index (χ2n) is 5.25. The van der Waals surface area contributed by atoms with Gasteiger partial charge in [0.25, 0.3) is 0 Å². The van der Waals surface area contributed by atoms with Gasteiger partial charge in [-0.1, -0.05) is 51.1 Å². The molecular formula is C15H19N3S. The highest BCUT2D eigenvalue weighted by molar-refractivity contribution is 8.00. The quantitative estimate of drug-likeness (QED) is 0.675. The van der Waals surface area contributed by atoms with Crippen LogP contribution in [0.25, 0.3) is 11.4 Å². The fourth-order valence-electron chi connectivity index (χ4n) is 1.64. The molecule has 0 radical (unpaired) electrons. The van der Waals surface area contributed by atoms with Crippen molar-refractivity contribution in [3.8, 4) is 11.4 Å². The van der Waals surface area contributed by atoms with Crippen LogP contribution in [0.5, 0.6) is 0 Å². The molecule has 3 nitrogen and oxygen atoms in total. The third-order valence-corrected chi connectivity index (χ3v) is 3.43. The van der Waals surface area contributed by atoms with Gasteiger partial charge in [-0.2, -0.15) is 0 Å². The molecule has 0 aliphatic carbocycles. The average Bonchev–Trinajstić information content (AvgIpc) is 2.37. The molecule has 2 aromatic rings. The molecule has 1 heterocycles. The van der Waals surface area contributed by atoms with Gasteiger partial charge in [0.05, 0.1) is 0 Å². The van der Waals surface area contributed by atoms with E-state index in [1.165, 1.54) is 0 Å². The first-order valence-corrected chi connectivity index (χ1v) is 7.11. The van der Waals surface area contributed by atoms with E-state index in [-0.39, 0.29) is 4.75 Å². The Morgan fingerprint density at radius 1 is 1.05 bits per heavy atom. The first-order chi connectivity index (χ1) is 8.98. The largest absolute Gasteiger partial charge is 0.373 e. The molecule has 0 saturated heterocycles. The third kappa shape index (κ3) is 3.96. The Labute approximate surface area is 118 Å². The van der Waals surface area contributed by atoms with E-state index in [0.29, 0.717) is 0 Å². The average molecular weight is 273 g/mol. The molecule has 0 aliphatic heterocycles. The highest BCUT2D eigenvalue weighted by atomic mass is 32.2. The molecule has 0 atom stereocenters. The van der Waals surface area contributed by atoms with Gasteiger partial charge in [0, 0.05) is 23.4 Å². The number of nitrogens with zero attached hydrogens (tertiary/aromatic N) is 2. The number of hydrogen-bond acceptors (Lipinski definition) is 4. The van der Waals surface area contributed by atoms with Gasteiger partial charge < -0.3 is 5.32 Å². The molecule has 0 spiro atoms. The lowest BCUT2D eigenvalue weighted by Gasteiger charge is -2.17.